The molecule has 2 saturated heterocycles. The predicted octanol–water partition coefficient (Wildman–Crippen LogP) is 3.11. The van der Waals surface area contributed by atoms with E-state index in [4.69, 9.17) is 0 Å². The highest BCUT2D eigenvalue weighted by molar-refractivity contribution is 5.95. The Kier molecular flexibility index (Phi) is 4.80. The highest BCUT2D eigenvalue weighted by atomic mass is 19.4. The molecule has 1 aromatic rings. The summed E-state index contributed by atoms with van der Waals surface area (Å²) in [4.78, 5) is 20.5. The van der Waals surface area contributed by atoms with Gasteiger partial charge in [-0.3, -0.25) is 9.69 Å². The number of likely N-dealkylation sites (tertiary alicyclic amines) is 2. The van der Waals surface area contributed by atoms with Crippen LogP contribution in [0.2, 0.25) is 0 Å². The number of hydrogen-bond donors (Lipinski definition) is 0. The lowest BCUT2D eigenvalue weighted by molar-refractivity contribution is -0.141. The molecule has 0 aromatic carbocycles. The first kappa shape index (κ1) is 17.2. The van der Waals surface area contributed by atoms with Gasteiger partial charge < -0.3 is 4.90 Å². The summed E-state index contributed by atoms with van der Waals surface area (Å²) in [6, 6.07) is 2.52. The maximum atomic E-state index is 12.7. The van der Waals surface area contributed by atoms with Gasteiger partial charge in [0.15, 0.2) is 0 Å². The summed E-state index contributed by atoms with van der Waals surface area (Å²) in [5.74, 6) is -0.211. The van der Waals surface area contributed by atoms with Crippen LogP contribution in [0.4, 0.5) is 13.2 Å². The third kappa shape index (κ3) is 3.55. The van der Waals surface area contributed by atoms with E-state index in [0.29, 0.717) is 19.1 Å². The van der Waals surface area contributed by atoms with Gasteiger partial charge in [0.2, 0.25) is 0 Å². The number of carbonyl (C=O) groups excluding carboxylic acids is 1. The Morgan fingerprint density at radius 2 is 1.88 bits per heavy atom. The summed E-state index contributed by atoms with van der Waals surface area (Å²) < 4.78 is 38.1. The summed E-state index contributed by atoms with van der Waals surface area (Å²) >= 11 is 0. The van der Waals surface area contributed by atoms with Gasteiger partial charge in [-0.1, -0.05) is 0 Å². The van der Waals surface area contributed by atoms with E-state index in [-0.39, 0.29) is 17.2 Å². The number of carbonyl (C=O) groups is 1. The Hall–Kier alpha value is -1.63. The van der Waals surface area contributed by atoms with Crippen LogP contribution in [0.15, 0.2) is 12.1 Å². The monoisotopic (exact) mass is 341 g/mol. The van der Waals surface area contributed by atoms with Crippen LogP contribution in [0.25, 0.3) is 0 Å². The lowest BCUT2D eigenvalue weighted by atomic mass is 10.0. The Bertz CT molecular complexity index is 612. The first-order valence-corrected chi connectivity index (χ1v) is 8.44. The van der Waals surface area contributed by atoms with E-state index in [1.54, 1.807) is 4.90 Å². The van der Waals surface area contributed by atoms with Gasteiger partial charge in [-0.25, -0.2) is 4.98 Å². The maximum absolute atomic E-state index is 12.7. The number of halogens is 3. The molecule has 4 nitrogen and oxygen atoms in total. The standard InChI is InChI=1S/C17H22F3N3O/c1-12-14(6-7-15(21-12)17(18,19)20)16(24)23-10-4-5-13(11-23)22-8-2-3-9-22/h6-7,13H,2-5,8-11H2,1H3. The quantitative estimate of drug-likeness (QED) is 0.829. The number of pyridine rings is 1. The van der Waals surface area contributed by atoms with Crippen molar-refractivity contribution in [3.05, 3.63) is 29.1 Å². The van der Waals surface area contributed by atoms with E-state index in [0.717, 1.165) is 32.0 Å². The van der Waals surface area contributed by atoms with Crippen molar-refractivity contribution in [2.45, 2.75) is 44.8 Å². The van der Waals surface area contributed by atoms with Gasteiger partial charge in [0.25, 0.3) is 5.91 Å². The third-order valence-electron chi connectivity index (χ3n) is 4.95. The highest BCUT2D eigenvalue weighted by Gasteiger charge is 2.34. The molecule has 1 atom stereocenters. The van der Waals surface area contributed by atoms with Crippen LogP contribution in [-0.4, -0.2) is 52.9 Å². The SMILES string of the molecule is Cc1nc(C(F)(F)F)ccc1C(=O)N1CCCC(N2CCCC2)C1. The van der Waals surface area contributed by atoms with E-state index in [9.17, 15) is 18.0 Å². The zero-order valence-corrected chi connectivity index (χ0v) is 13.8. The Morgan fingerprint density at radius 3 is 2.50 bits per heavy atom. The van der Waals surface area contributed by atoms with Crippen LogP contribution in [0.1, 0.15) is 47.4 Å². The van der Waals surface area contributed by atoms with Gasteiger partial charge in [-0.05, 0) is 57.8 Å². The van der Waals surface area contributed by atoms with Crippen LogP contribution in [0.3, 0.4) is 0 Å². The van der Waals surface area contributed by atoms with Crippen molar-refractivity contribution in [3.8, 4) is 0 Å². The topological polar surface area (TPSA) is 36.4 Å². The summed E-state index contributed by atoms with van der Waals surface area (Å²) in [7, 11) is 0. The molecule has 2 aliphatic heterocycles. The van der Waals surface area contributed by atoms with Gasteiger partial charge in [0.1, 0.15) is 5.69 Å². The maximum Gasteiger partial charge on any atom is 0.433 e. The second-order valence-electron chi connectivity index (χ2n) is 6.62. The number of nitrogens with zero attached hydrogens (tertiary/aromatic N) is 3. The fourth-order valence-corrected chi connectivity index (χ4v) is 3.66. The second kappa shape index (κ2) is 6.70. The molecule has 1 aromatic heterocycles. The molecule has 1 unspecified atom stereocenters. The van der Waals surface area contributed by atoms with Gasteiger partial charge in [0, 0.05) is 19.1 Å². The number of hydrogen-bond acceptors (Lipinski definition) is 3. The summed E-state index contributed by atoms with van der Waals surface area (Å²) in [5, 5.41) is 0. The zero-order chi connectivity index (χ0) is 17.3. The minimum absolute atomic E-state index is 0.137. The molecule has 0 saturated carbocycles. The average molecular weight is 341 g/mol. The smallest absolute Gasteiger partial charge is 0.337 e. The van der Waals surface area contributed by atoms with Gasteiger partial charge in [-0.15, -0.1) is 0 Å². The summed E-state index contributed by atoms with van der Waals surface area (Å²) in [6.07, 6.45) is -0.0783. The van der Waals surface area contributed by atoms with E-state index in [1.165, 1.54) is 25.8 Å². The molecule has 0 N–H and O–H groups in total. The van der Waals surface area contributed by atoms with Crippen LogP contribution in [0, 0.1) is 6.92 Å². The normalized spacial score (nSPS) is 22.8. The Labute approximate surface area is 139 Å². The second-order valence-corrected chi connectivity index (χ2v) is 6.62. The first-order chi connectivity index (χ1) is 11.4. The van der Waals surface area contributed by atoms with Gasteiger partial charge in [0.05, 0.1) is 11.3 Å². The Morgan fingerprint density at radius 1 is 1.17 bits per heavy atom. The number of piperidine rings is 1. The van der Waals surface area contributed by atoms with Gasteiger partial charge in [-0.2, -0.15) is 13.2 Å². The zero-order valence-electron chi connectivity index (χ0n) is 13.8. The number of alkyl halides is 3. The van der Waals surface area contributed by atoms with E-state index < -0.39 is 11.9 Å². The largest absolute Gasteiger partial charge is 0.433 e. The van der Waals surface area contributed by atoms with Crippen molar-refractivity contribution in [2.24, 2.45) is 0 Å². The van der Waals surface area contributed by atoms with Crippen molar-refractivity contribution >= 4 is 5.91 Å². The van der Waals surface area contributed by atoms with E-state index >= 15 is 0 Å². The minimum atomic E-state index is -4.49. The van der Waals surface area contributed by atoms with E-state index in [1.807, 2.05) is 0 Å². The number of amides is 1. The molecule has 2 fully saturated rings. The molecule has 0 radical (unpaired) electrons. The highest BCUT2D eigenvalue weighted by Crippen LogP contribution is 2.29. The molecule has 2 aliphatic rings. The molecule has 132 valence electrons. The van der Waals surface area contributed by atoms with Crippen LogP contribution < -0.4 is 0 Å². The van der Waals surface area contributed by atoms with Crippen LogP contribution in [0.5, 0.6) is 0 Å². The van der Waals surface area contributed by atoms with Gasteiger partial charge >= 0.3 is 6.18 Å². The van der Waals surface area contributed by atoms with Crippen molar-refractivity contribution < 1.29 is 18.0 Å². The van der Waals surface area contributed by atoms with E-state index in [2.05, 4.69) is 9.88 Å². The lowest BCUT2D eigenvalue weighted by Crippen LogP contribution is -2.49. The fourth-order valence-electron chi connectivity index (χ4n) is 3.66. The third-order valence-corrected chi connectivity index (χ3v) is 4.95. The predicted molar refractivity (Wildman–Crippen MR) is 83.7 cm³/mol. The summed E-state index contributed by atoms with van der Waals surface area (Å²) in [5.41, 5.74) is -0.548. The fraction of sp³-hybridized carbons (Fsp3) is 0.647. The molecule has 0 aliphatic carbocycles. The molecule has 1 amide bonds. The van der Waals surface area contributed by atoms with Crippen molar-refractivity contribution in [1.29, 1.82) is 0 Å². The molecule has 24 heavy (non-hydrogen) atoms. The van der Waals surface area contributed by atoms with Crippen LogP contribution in [-0.2, 0) is 6.18 Å². The lowest BCUT2D eigenvalue weighted by Gasteiger charge is -2.37. The molecule has 0 spiro atoms. The molecule has 7 heteroatoms. The number of aromatic nitrogens is 1. The first-order valence-electron chi connectivity index (χ1n) is 8.44. The number of aryl methyl sites for hydroxylation is 1. The van der Waals surface area contributed by atoms with Crippen molar-refractivity contribution in [1.82, 2.24) is 14.8 Å². The molecule has 3 rings (SSSR count). The minimum Gasteiger partial charge on any atom is -0.337 e. The van der Waals surface area contributed by atoms with Crippen LogP contribution >= 0.6 is 0 Å². The average Bonchev–Trinajstić information content (AvgIpc) is 3.08. The molecular weight excluding hydrogens is 319 g/mol. The van der Waals surface area contributed by atoms with Crippen molar-refractivity contribution in [3.63, 3.8) is 0 Å². The number of rotatable bonds is 2. The Balaban J connectivity index is 1.73. The summed E-state index contributed by atoms with van der Waals surface area (Å²) in [6.45, 7) is 4.93. The molecular formula is C17H22F3N3O. The molecule has 0 bridgehead atoms. The van der Waals surface area contributed by atoms with Crippen molar-refractivity contribution in [2.75, 3.05) is 26.2 Å². The molecule has 3 heterocycles.